The van der Waals surface area contributed by atoms with E-state index in [1.54, 1.807) is 0 Å². The van der Waals surface area contributed by atoms with E-state index in [0.29, 0.717) is 25.8 Å². The summed E-state index contributed by atoms with van der Waals surface area (Å²) in [6, 6.07) is 0. The van der Waals surface area contributed by atoms with Gasteiger partial charge in [-0.05, 0) is 53.5 Å². The number of aromatic nitrogens is 8. The van der Waals surface area contributed by atoms with Crippen LogP contribution in [-0.4, -0.2) is 151 Å². The molecule has 4 fully saturated rings. The van der Waals surface area contributed by atoms with Gasteiger partial charge in [-0.1, -0.05) is 0 Å². The van der Waals surface area contributed by atoms with E-state index in [4.69, 9.17) is 60.9 Å². The molecule has 0 bridgehead atoms. The molecular formula is C45H65N9O29P4. The average molecular weight is 1320 g/mol. The second kappa shape index (κ2) is 28.0. The fourth-order valence-corrected chi connectivity index (χ4v) is 13.2. The number of aryl methyl sites for hydroxylation is 4. The third-order valence-electron chi connectivity index (χ3n) is 14.1. The third kappa shape index (κ3) is 17.5. The Morgan fingerprint density at radius 3 is 1.06 bits per heavy atom. The van der Waals surface area contributed by atoms with Crippen molar-refractivity contribution in [3.8, 4) is 0 Å². The zero-order valence-corrected chi connectivity index (χ0v) is 50.2. The number of aromatic amines is 4. The van der Waals surface area contributed by atoms with Gasteiger partial charge < -0.3 is 49.4 Å². The maximum atomic E-state index is 14.0. The molecule has 0 amide bonds. The van der Waals surface area contributed by atoms with Crippen molar-refractivity contribution in [2.24, 2.45) is 5.73 Å². The van der Waals surface area contributed by atoms with Gasteiger partial charge in [-0.15, -0.1) is 0 Å². The molecule has 4 aliphatic heterocycles. The minimum absolute atomic E-state index is 0.00104. The Labute approximate surface area is 488 Å². The summed E-state index contributed by atoms with van der Waals surface area (Å²) in [5, 5.41) is 10.7. The first-order valence-corrected chi connectivity index (χ1v) is 32.7. The molecule has 0 aliphatic carbocycles. The monoisotopic (exact) mass is 1320 g/mol. The molecule has 4 aromatic rings. The van der Waals surface area contributed by atoms with E-state index in [2.05, 4.69) is 19.9 Å². The number of ether oxygens (including phenoxy) is 4. The van der Waals surface area contributed by atoms with Gasteiger partial charge in [0.25, 0.3) is 22.2 Å². The van der Waals surface area contributed by atoms with Crippen LogP contribution in [0.5, 0.6) is 0 Å². The van der Waals surface area contributed by atoms with E-state index in [-0.39, 0.29) is 35.3 Å². The van der Waals surface area contributed by atoms with Gasteiger partial charge >= 0.3 is 54.0 Å². The zero-order chi connectivity index (χ0) is 63.5. The number of unbranched alkanes of at least 4 members (excludes halogenated alkanes) is 2. The van der Waals surface area contributed by atoms with E-state index >= 15 is 0 Å². The highest BCUT2D eigenvalue weighted by molar-refractivity contribution is 7.48. The molecule has 8 heterocycles. The summed E-state index contributed by atoms with van der Waals surface area (Å²) in [5.74, 6) is 0. The van der Waals surface area contributed by atoms with Gasteiger partial charge in [-0.25, -0.2) is 37.4 Å². The van der Waals surface area contributed by atoms with Gasteiger partial charge in [0.05, 0.1) is 39.1 Å². The molecule has 38 nitrogen and oxygen atoms in total. The number of nitrogens with two attached hydrogens (primary N) is 1. The normalized spacial score (nSPS) is 28.5. The van der Waals surface area contributed by atoms with E-state index in [1.165, 1.54) is 33.9 Å². The van der Waals surface area contributed by atoms with Gasteiger partial charge in [0, 0.05) is 72.7 Å². The van der Waals surface area contributed by atoms with Crippen molar-refractivity contribution in [1.29, 1.82) is 0 Å². The Balaban J connectivity index is 0.973. The van der Waals surface area contributed by atoms with Crippen molar-refractivity contribution in [2.75, 3.05) is 39.6 Å². The van der Waals surface area contributed by atoms with Crippen LogP contribution in [0, 0.1) is 27.7 Å². The topological polar surface area (TPSA) is 526 Å². The van der Waals surface area contributed by atoms with E-state index in [9.17, 15) is 81.3 Å². The highest BCUT2D eigenvalue weighted by atomic mass is 31.2. The zero-order valence-electron chi connectivity index (χ0n) is 46.6. The molecule has 42 heteroatoms. The Hall–Kier alpha value is -5.08. The number of aliphatic hydroxyl groups is 1. The molecule has 8 rings (SSSR count). The smallest absolute Gasteiger partial charge is 0.390 e. The largest absolute Gasteiger partial charge is 0.472 e. The predicted molar refractivity (Wildman–Crippen MR) is 291 cm³/mol. The summed E-state index contributed by atoms with van der Waals surface area (Å²) in [5.41, 5.74) is -1.11. The van der Waals surface area contributed by atoms with Crippen LogP contribution < -0.4 is 50.7 Å². The fraction of sp³-hybridized carbons (Fsp3) is 0.644. The molecule has 0 saturated carbocycles. The summed E-state index contributed by atoms with van der Waals surface area (Å²) in [6.45, 7) is 1.84. The molecular weight excluding hydrogens is 1250 g/mol. The highest BCUT2D eigenvalue weighted by Gasteiger charge is 2.49. The van der Waals surface area contributed by atoms with Crippen molar-refractivity contribution in [3.63, 3.8) is 0 Å². The lowest BCUT2D eigenvalue weighted by atomic mass is 10.2. The quantitative estimate of drug-likeness (QED) is 0.0233. The van der Waals surface area contributed by atoms with Crippen LogP contribution in [-0.2, 0) is 73.4 Å². The van der Waals surface area contributed by atoms with Crippen LogP contribution in [0.3, 0.4) is 0 Å². The Kier molecular flexibility index (Phi) is 21.8. The number of hydrogen-bond donors (Lipinski definition) is 10. The third-order valence-corrected chi connectivity index (χ3v) is 18.1. The van der Waals surface area contributed by atoms with E-state index in [1.807, 2.05) is 0 Å². The van der Waals surface area contributed by atoms with Crippen LogP contribution >= 0.6 is 31.3 Å². The van der Waals surface area contributed by atoms with Crippen LogP contribution in [0.15, 0.2) is 63.1 Å². The molecule has 484 valence electrons. The standard InChI is InChI=1S/C45H65N9O29P4/c1-22-14-51(42(60)47-38(22)56)34-10-26(55)30(77-34)18-74-85(66,67)81-28-12-36(53-16-24(3)40(58)49-44(53)62)79-32(28)20-76-87(70,71)83-29-13-37(54-17-25(4)41(59)50-45(54)63)80-33(29)21-75-86(68,69)82-27-11-35(52-15-23(2)39(57)48-43(52)61)78-31(27)19-73-84(64,65)72-9-7-5-6-8-46/h14-17,26-37,55H,5-13,18-21,46H2,1-4H3,(H,64,65)(H,66,67)(H,68,69)(H,70,71)(H,47,56,60)(H,48,57,61)(H,49,58,62)(H,50,59,63)/t26-,27-,28-,29-,30+,31+,32+,33+,34+,35+,36+,37+/m0/s1. The highest BCUT2D eigenvalue weighted by Crippen LogP contribution is 2.54. The number of rotatable bonds is 28. The molecule has 4 aliphatic rings. The minimum atomic E-state index is -5.51. The minimum Gasteiger partial charge on any atom is -0.390 e. The molecule has 4 aromatic heterocycles. The Morgan fingerprint density at radius 2 is 0.736 bits per heavy atom. The molecule has 87 heavy (non-hydrogen) atoms. The van der Waals surface area contributed by atoms with Crippen molar-refractivity contribution in [2.45, 2.75) is 146 Å². The lowest BCUT2D eigenvalue weighted by Gasteiger charge is -2.25. The Bertz CT molecular complexity index is 3840. The number of phosphoric ester groups is 4. The Morgan fingerprint density at radius 1 is 0.448 bits per heavy atom. The van der Waals surface area contributed by atoms with Gasteiger partial charge in [-0.2, -0.15) is 0 Å². The van der Waals surface area contributed by atoms with Gasteiger partial charge in [0.1, 0.15) is 67.6 Å². The molecule has 16 atom stereocenters. The van der Waals surface area contributed by atoms with Crippen molar-refractivity contribution < 1.29 is 98.1 Å². The number of hydrogen-bond acceptors (Lipinski definition) is 26. The summed E-state index contributed by atoms with van der Waals surface area (Å²) >= 11 is 0. The van der Waals surface area contributed by atoms with Crippen molar-refractivity contribution >= 4 is 31.3 Å². The molecule has 11 N–H and O–H groups in total. The number of aliphatic hydroxyl groups excluding tert-OH is 1. The van der Waals surface area contributed by atoms with Crippen LogP contribution in [0.1, 0.15) is 92.1 Å². The predicted octanol–water partition coefficient (Wildman–Crippen LogP) is -1.30. The van der Waals surface area contributed by atoms with Gasteiger partial charge in [0.2, 0.25) is 0 Å². The fourth-order valence-electron chi connectivity index (χ4n) is 9.55. The van der Waals surface area contributed by atoms with Crippen LogP contribution in [0.2, 0.25) is 0 Å². The van der Waals surface area contributed by atoms with E-state index < -0.39 is 196 Å². The van der Waals surface area contributed by atoms with Crippen LogP contribution in [0.4, 0.5) is 0 Å². The number of phosphoric acid groups is 4. The number of nitrogens with one attached hydrogen (secondary N) is 4. The number of H-pyrrole nitrogens is 4. The summed E-state index contributed by atoms with van der Waals surface area (Å²) < 4.78 is 124. The number of nitrogens with zero attached hydrogens (tertiary/aromatic N) is 4. The van der Waals surface area contributed by atoms with Gasteiger partial charge in [-0.3, -0.25) is 93.6 Å². The maximum Gasteiger partial charge on any atom is 0.472 e. The maximum absolute atomic E-state index is 14.0. The lowest BCUT2D eigenvalue weighted by molar-refractivity contribution is -0.0640. The van der Waals surface area contributed by atoms with Crippen molar-refractivity contribution in [3.05, 3.63) is 130 Å². The first kappa shape index (κ1) is 67.8. The molecule has 0 radical (unpaired) electrons. The van der Waals surface area contributed by atoms with E-state index in [0.717, 1.165) is 36.9 Å². The first-order valence-electron chi connectivity index (χ1n) is 26.7. The molecule has 4 saturated heterocycles. The van der Waals surface area contributed by atoms with Gasteiger partial charge in [0.15, 0.2) is 0 Å². The first-order chi connectivity index (χ1) is 40.8. The van der Waals surface area contributed by atoms with Crippen LogP contribution in [0.25, 0.3) is 0 Å². The summed E-state index contributed by atoms with van der Waals surface area (Å²) in [7, 11) is -21.0. The SMILES string of the molecule is Cc1cn([C@H]2C[C@H](OP(=O)(O)OC[C@H]3O[C@@H](n4cc(C)c(=O)[nH]c4=O)C[C@@H]3OP(=O)(O)OC[C@H]3O[C@@H](n4cc(C)c(=O)[nH]c4=O)C[C@@H]3OP(=O)(O)OC[C@H]3O[C@@H](n4cc(C)c(=O)[nH]c4=O)C[C@@H]3O)[C@@H](COP(=O)(O)OCCCCCN)O2)c(=O)[nH]c1=O. The summed E-state index contributed by atoms with van der Waals surface area (Å²) in [4.78, 5) is 152. The molecule has 4 unspecified atom stereocenters. The second-order valence-electron chi connectivity index (χ2n) is 20.6. The lowest BCUT2D eigenvalue weighted by Crippen LogP contribution is -2.33. The molecule has 0 spiro atoms. The average Bonchev–Trinajstić information content (AvgIpc) is 1.96. The summed E-state index contributed by atoms with van der Waals surface area (Å²) in [6.07, 6.45) is -13.8. The van der Waals surface area contributed by atoms with Crippen molar-refractivity contribution in [1.82, 2.24) is 38.2 Å². The molecule has 0 aromatic carbocycles. The second-order valence-corrected chi connectivity index (χ2v) is 26.3.